The van der Waals surface area contributed by atoms with E-state index in [0.717, 1.165) is 22.0 Å². The molecule has 1 aromatic heterocycles. The van der Waals surface area contributed by atoms with E-state index in [2.05, 4.69) is 15.5 Å². The van der Waals surface area contributed by atoms with Crippen LogP contribution in [0.1, 0.15) is 16.7 Å². The van der Waals surface area contributed by atoms with E-state index >= 15 is 0 Å². The topological polar surface area (TPSA) is 80.4 Å². The Labute approximate surface area is 156 Å². The first kappa shape index (κ1) is 18.0. The highest BCUT2D eigenvalue weighted by atomic mass is 35.5. The smallest absolute Gasteiger partial charge is 0.257 e. The van der Waals surface area contributed by atoms with Gasteiger partial charge in [-0.1, -0.05) is 54.1 Å². The summed E-state index contributed by atoms with van der Waals surface area (Å²) < 4.78 is 0. The average molecular weight is 367 g/mol. The Hall–Kier alpha value is -2.76. The van der Waals surface area contributed by atoms with Crippen LogP contribution in [0.2, 0.25) is 5.15 Å². The van der Waals surface area contributed by atoms with Gasteiger partial charge in [-0.3, -0.25) is 4.79 Å². The molecule has 3 N–H and O–H groups in total. The van der Waals surface area contributed by atoms with Crippen molar-refractivity contribution in [1.29, 1.82) is 0 Å². The molecular weight excluding hydrogens is 348 g/mol. The molecule has 0 spiro atoms. The van der Waals surface area contributed by atoms with E-state index in [1.54, 1.807) is 0 Å². The zero-order valence-electron chi connectivity index (χ0n) is 14.3. The normalized spacial score (nSPS) is 12.4. The van der Waals surface area contributed by atoms with Gasteiger partial charge >= 0.3 is 0 Å². The van der Waals surface area contributed by atoms with Crippen molar-refractivity contribution in [2.75, 3.05) is 0 Å². The first-order valence-electron chi connectivity index (χ1n) is 8.22. The summed E-state index contributed by atoms with van der Waals surface area (Å²) in [4.78, 5) is 16.4. The summed E-state index contributed by atoms with van der Waals surface area (Å²) in [6.45, 7) is 2.00. The van der Waals surface area contributed by atoms with Crippen molar-refractivity contribution in [2.45, 2.75) is 19.4 Å². The first-order chi connectivity index (χ1) is 12.5. The number of fused-ring (bicyclic) bond motifs is 1. The molecular formula is C20H19ClN4O. The number of aryl methyl sites for hydroxylation is 1. The van der Waals surface area contributed by atoms with Crippen LogP contribution < -0.4 is 11.2 Å². The molecule has 1 atom stereocenters. The molecule has 0 fully saturated rings. The van der Waals surface area contributed by atoms with Gasteiger partial charge < -0.3 is 5.73 Å². The zero-order valence-corrected chi connectivity index (χ0v) is 15.1. The molecule has 0 bridgehead atoms. The van der Waals surface area contributed by atoms with E-state index < -0.39 is 6.04 Å². The number of rotatable bonds is 5. The highest BCUT2D eigenvalue weighted by Crippen LogP contribution is 2.20. The Bertz CT molecular complexity index is 957. The fourth-order valence-electron chi connectivity index (χ4n) is 2.57. The molecule has 3 aromatic rings. The van der Waals surface area contributed by atoms with Gasteiger partial charge in [0.25, 0.3) is 5.91 Å². The summed E-state index contributed by atoms with van der Waals surface area (Å²) in [5.74, 6) is -0.356. The summed E-state index contributed by atoms with van der Waals surface area (Å²) in [6.07, 6.45) is 1.92. The number of pyridine rings is 1. The van der Waals surface area contributed by atoms with Crippen LogP contribution >= 0.6 is 11.6 Å². The summed E-state index contributed by atoms with van der Waals surface area (Å²) in [7, 11) is 0. The number of nitrogens with one attached hydrogen (secondary N) is 1. The molecule has 3 rings (SSSR count). The number of carbonyl (C=O) groups is 1. The zero-order chi connectivity index (χ0) is 18.5. The van der Waals surface area contributed by atoms with Gasteiger partial charge in [-0.15, -0.1) is 0 Å². The third-order valence-corrected chi connectivity index (χ3v) is 4.27. The standard InChI is InChI=1S/C20H19ClN4O/c1-13-7-8-15-11-16(19(21)24-18(15)9-13)12-23-25-20(26)17(22)10-14-5-3-2-4-6-14/h2-9,11-12,17H,10,22H2,1H3,(H,25,26). The third-order valence-electron chi connectivity index (χ3n) is 3.97. The molecule has 0 aliphatic carbocycles. The number of benzene rings is 2. The number of halogens is 1. The van der Waals surface area contributed by atoms with Crippen LogP contribution in [0.4, 0.5) is 0 Å². The largest absolute Gasteiger partial charge is 0.320 e. The van der Waals surface area contributed by atoms with E-state index in [-0.39, 0.29) is 5.91 Å². The monoisotopic (exact) mass is 366 g/mol. The fraction of sp³-hybridized carbons (Fsp3) is 0.150. The summed E-state index contributed by atoms with van der Waals surface area (Å²) >= 11 is 6.20. The number of aromatic nitrogens is 1. The molecule has 1 amide bonds. The van der Waals surface area contributed by atoms with Gasteiger partial charge in [-0.2, -0.15) is 5.10 Å². The van der Waals surface area contributed by atoms with Crippen molar-refractivity contribution < 1.29 is 4.79 Å². The molecule has 6 heteroatoms. The number of nitrogens with zero attached hydrogens (tertiary/aromatic N) is 2. The lowest BCUT2D eigenvalue weighted by molar-refractivity contribution is -0.122. The van der Waals surface area contributed by atoms with E-state index in [4.69, 9.17) is 17.3 Å². The van der Waals surface area contributed by atoms with Gasteiger partial charge in [0, 0.05) is 10.9 Å². The molecule has 26 heavy (non-hydrogen) atoms. The minimum absolute atomic E-state index is 0.328. The molecule has 0 aliphatic heterocycles. The highest BCUT2D eigenvalue weighted by Gasteiger charge is 2.13. The Kier molecular flexibility index (Phi) is 5.61. The molecule has 0 saturated heterocycles. The van der Waals surface area contributed by atoms with Crippen molar-refractivity contribution in [1.82, 2.24) is 10.4 Å². The average Bonchev–Trinajstić information content (AvgIpc) is 2.63. The van der Waals surface area contributed by atoms with E-state index in [9.17, 15) is 4.79 Å². The number of hydrogen-bond acceptors (Lipinski definition) is 4. The maximum atomic E-state index is 12.1. The molecule has 2 aromatic carbocycles. The highest BCUT2D eigenvalue weighted by molar-refractivity contribution is 6.32. The number of hydrogen-bond donors (Lipinski definition) is 2. The third kappa shape index (κ3) is 4.45. The van der Waals surface area contributed by atoms with Gasteiger partial charge in [0.15, 0.2) is 0 Å². The van der Waals surface area contributed by atoms with Crippen molar-refractivity contribution in [3.63, 3.8) is 0 Å². The van der Waals surface area contributed by atoms with Gasteiger partial charge in [0.2, 0.25) is 0 Å². The van der Waals surface area contributed by atoms with Crippen LogP contribution in [0, 0.1) is 6.92 Å². The lowest BCUT2D eigenvalue weighted by atomic mass is 10.1. The number of nitrogens with two attached hydrogens (primary N) is 1. The lowest BCUT2D eigenvalue weighted by Crippen LogP contribution is -2.39. The SMILES string of the molecule is Cc1ccc2cc(C=NNC(=O)C(N)Cc3ccccc3)c(Cl)nc2c1. The van der Waals surface area contributed by atoms with Crippen LogP contribution in [0.15, 0.2) is 59.7 Å². The Balaban J connectivity index is 1.66. The molecule has 0 saturated carbocycles. The molecule has 1 heterocycles. The minimum Gasteiger partial charge on any atom is -0.320 e. The predicted octanol–water partition coefficient (Wildman–Crippen LogP) is 3.22. The van der Waals surface area contributed by atoms with Crippen molar-refractivity contribution in [3.8, 4) is 0 Å². The number of hydrazone groups is 1. The maximum Gasteiger partial charge on any atom is 0.257 e. The van der Waals surface area contributed by atoms with Crippen LogP contribution in [-0.4, -0.2) is 23.1 Å². The summed E-state index contributed by atoms with van der Waals surface area (Å²) in [5, 5.41) is 5.24. The van der Waals surface area contributed by atoms with E-state index in [1.807, 2.05) is 61.5 Å². The molecule has 0 aliphatic rings. The van der Waals surface area contributed by atoms with Crippen molar-refractivity contribution >= 4 is 34.6 Å². The van der Waals surface area contributed by atoms with Gasteiger partial charge in [0.05, 0.1) is 17.8 Å². The van der Waals surface area contributed by atoms with Crippen LogP contribution in [0.5, 0.6) is 0 Å². The molecule has 1 unspecified atom stereocenters. The summed E-state index contributed by atoms with van der Waals surface area (Å²) in [6, 6.07) is 16.7. The Morgan fingerprint density at radius 2 is 2.04 bits per heavy atom. The second-order valence-corrected chi connectivity index (χ2v) is 6.45. The van der Waals surface area contributed by atoms with Crippen LogP contribution in [-0.2, 0) is 11.2 Å². The number of carbonyl (C=O) groups excluding carboxylic acids is 1. The van der Waals surface area contributed by atoms with Crippen molar-refractivity contribution in [3.05, 3.63) is 76.4 Å². The molecule has 5 nitrogen and oxygen atoms in total. The molecule has 132 valence electrons. The van der Waals surface area contributed by atoms with Gasteiger partial charge in [0.1, 0.15) is 5.15 Å². The lowest BCUT2D eigenvalue weighted by Gasteiger charge is -2.09. The predicted molar refractivity (Wildman–Crippen MR) is 105 cm³/mol. The van der Waals surface area contributed by atoms with Crippen LogP contribution in [0.25, 0.3) is 10.9 Å². The van der Waals surface area contributed by atoms with Gasteiger partial charge in [-0.25, -0.2) is 10.4 Å². The second-order valence-electron chi connectivity index (χ2n) is 6.10. The van der Waals surface area contributed by atoms with E-state index in [0.29, 0.717) is 17.1 Å². The number of amides is 1. The fourth-order valence-corrected chi connectivity index (χ4v) is 2.76. The first-order valence-corrected chi connectivity index (χ1v) is 8.60. The Morgan fingerprint density at radius 1 is 1.27 bits per heavy atom. The van der Waals surface area contributed by atoms with E-state index in [1.165, 1.54) is 6.21 Å². The van der Waals surface area contributed by atoms with Crippen LogP contribution in [0.3, 0.4) is 0 Å². The summed E-state index contributed by atoms with van der Waals surface area (Å²) in [5.41, 5.74) is 11.9. The maximum absolute atomic E-state index is 12.1. The minimum atomic E-state index is -0.678. The van der Waals surface area contributed by atoms with Crippen molar-refractivity contribution in [2.24, 2.45) is 10.8 Å². The quantitative estimate of drug-likeness (QED) is 0.413. The molecule has 0 radical (unpaired) electrons. The Morgan fingerprint density at radius 3 is 2.81 bits per heavy atom. The second kappa shape index (κ2) is 8.08. The van der Waals surface area contributed by atoms with Gasteiger partial charge in [-0.05, 0) is 36.6 Å².